The predicted molar refractivity (Wildman–Crippen MR) is 92.7 cm³/mol. The van der Waals surface area contributed by atoms with Gasteiger partial charge >= 0.3 is 12.1 Å². The fourth-order valence-electron chi connectivity index (χ4n) is 3.32. The van der Waals surface area contributed by atoms with E-state index in [2.05, 4.69) is 0 Å². The van der Waals surface area contributed by atoms with Gasteiger partial charge in [0.25, 0.3) is 5.91 Å². The van der Waals surface area contributed by atoms with Crippen molar-refractivity contribution in [3.05, 3.63) is 70.2 Å². The topological polar surface area (TPSA) is 57.6 Å². The molecular formula is C19H15ClF3NO3. The molecule has 0 aromatic heterocycles. The number of benzene rings is 2. The quantitative estimate of drug-likeness (QED) is 0.840. The molecule has 1 heterocycles. The largest absolute Gasteiger partial charge is 0.481 e. The van der Waals surface area contributed by atoms with Crippen LogP contribution in [-0.2, 0) is 11.0 Å². The monoisotopic (exact) mass is 397 g/mol. The minimum absolute atomic E-state index is 0.0818. The third-order valence-electron chi connectivity index (χ3n) is 4.62. The Morgan fingerprint density at radius 2 is 1.74 bits per heavy atom. The van der Waals surface area contributed by atoms with Crippen LogP contribution in [0.5, 0.6) is 0 Å². The van der Waals surface area contributed by atoms with Crippen LogP contribution in [0.1, 0.15) is 27.4 Å². The molecule has 8 heteroatoms. The normalized spacial score (nSPS) is 19.9. The summed E-state index contributed by atoms with van der Waals surface area (Å²) in [5.41, 5.74) is -0.470. The number of carbonyl (C=O) groups is 2. The molecule has 1 N–H and O–H groups in total. The minimum atomic E-state index is -4.64. The molecule has 0 spiro atoms. The molecule has 3 rings (SSSR count). The van der Waals surface area contributed by atoms with Crippen LogP contribution >= 0.6 is 11.6 Å². The van der Waals surface area contributed by atoms with E-state index in [0.29, 0.717) is 0 Å². The second-order valence-electron chi connectivity index (χ2n) is 6.40. The SMILES string of the molecule is O=C(O)[C@@H]1CN(C(=O)c2cc(Cl)cc(C(F)(F)F)c2)C[C@@H]1c1ccccc1. The first-order valence-corrected chi connectivity index (χ1v) is 8.49. The summed E-state index contributed by atoms with van der Waals surface area (Å²) in [6, 6.07) is 11.5. The summed E-state index contributed by atoms with van der Waals surface area (Å²) in [6.07, 6.45) is -4.64. The summed E-state index contributed by atoms with van der Waals surface area (Å²) in [5, 5.41) is 9.30. The maximum atomic E-state index is 13.0. The van der Waals surface area contributed by atoms with Crippen LogP contribution in [0, 0.1) is 5.92 Å². The molecule has 2 atom stereocenters. The zero-order valence-electron chi connectivity index (χ0n) is 13.9. The highest BCUT2D eigenvalue weighted by atomic mass is 35.5. The van der Waals surface area contributed by atoms with Crippen molar-refractivity contribution in [1.82, 2.24) is 4.90 Å². The van der Waals surface area contributed by atoms with E-state index in [1.165, 1.54) is 4.90 Å². The van der Waals surface area contributed by atoms with Gasteiger partial charge < -0.3 is 10.0 Å². The van der Waals surface area contributed by atoms with Crippen LogP contribution in [0.25, 0.3) is 0 Å². The number of halogens is 4. The van der Waals surface area contributed by atoms with Gasteiger partial charge in [-0.25, -0.2) is 0 Å². The summed E-state index contributed by atoms with van der Waals surface area (Å²) in [5.74, 6) is -3.00. The van der Waals surface area contributed by atoms with Gasteiger partial charge in [-0.15, -0.1) is 0 Å². The number of carboxylic acids is 1. The highest BCUT2D eigenvalue weighted by molar-refractivity contribution is 6.31. The molecular weight excluding hydrogens is 383 g/mol. The Morgan fingerprint density at radius 1 is 1.07 bits per heavy atom. The average Bonchev–Trinajstić information content (AvgIpc) is 3.06. The first-order chi connectivity index (χ1) is 12.7. The second-order valence-corrected chi connectivity index (χ2v) is 6.83. The Morgan fingerprint density at radius 3 is 2.33 bits per heavy atom. The van der Waals surface area contributed by atoms with Crippen LogP contribution in [0.15, 0.2) is 48.5 Å². The molecule has 1 aliphatic rings. The Labute approximate surface area is 158 Å². The van der Waals surface area contributed by atoms with Crippen molar-refractivity contribution >= 4 is 23.5 Å². The number of rotatable bonds is 3. The Hall–Kier alpha value is -2.54. The number of hydrogen-bond acceptors (Lipinski definition) is 2. The molecule has 1 saturated heterocycles. The number of hydrogen-bond donors (Lipinski definition) is 1. The van der Waals surface area contributed by atoms with E-state index in [1.54, 1.807) is 30.3 Å². The lowest BCUT2D eigenvalue weighted by Crippen LogP contribution is -2.30. The number of aliphatic carboxylic acids is 1. The molecule has 142 valence electrons. The zero-order chi connectivity index (χ0) is 19.8. The number of alkyl halides is 3. The van der Waals surface area contributed by atoms with Gasteiger partial charge in [-0.3, -0.25) is 9.59 Å². The van der Waals surface area contributed by atoms with Gasteiger partial charge in [0.2, 0.25) is 0 Å². The number of carbonyl (C=O) groups excluding carboxylic acids is 1. The lowest BCUT2D eigenvalue weighted by Gasteiger charge is -2.18. The number of likely N-dealkylation sites (tertiary alicyclic amines) is 1. The van der Waals surface area contributed by atoms with E-state index in [-0.39, 0.29) is 23.7 Å². The number of carboxylic acid groups (broad SMARTS) is 1. The van der Waals surface area contributed by atoms with Crippen molar-refractivity contribution in [2.24, 2.45) is 5.92 Å². The predicted octanol–water partition coefficient (Wildman–Crippen LogP) is 4.30. The van der Waals surface area contributed by atoms with Crippen molar-refractivity contribution in [2.75, 3.05) is 13.1 Å². The van der Waals surface area contributed by atoms with Crippen molar-refractivity contribution in [1.29, 1.82) is 0 Å². The molecule has 0 bridgehead atoms. The lowest BCUT2D eigenvalue weighted by molar-refractivity contribution is -0.141. The van der Waals surface area contributed by atoms with E-state index in [9.17, 15) is 27.9 Å². The maximum Gasteiger partial charge on any atom is 0.416 e. The standard InChI is InChI=1S/C19H15ClF3NO3/c20-14-7-12(6-13(8-14)19(21,22)23)17(25)24-9-15(16(10-24)18(26)27)11-4-2-1-3-5-11/h1-8,15-16H,9-10H2,(H,26,27)/t15-,16-/m1/s1. The summed E-state index contributed by atoms with van der Waals surface area (Å²) >= 11 is 5.75. The summed E-state index contributed by atoms with van der Waals surface area (Å²) in [4.78, 5) is 25.6. The zero-order valence-corrected chi connectivity index (χ0v) is 14.7. The number of amides is 1. The van der Waals surface area contributed by atoms with Crippen LogP contribution in [0.2, 0.25) is 5.02 Å². The first kappa shape index (κ1) is 19.2. The Bertz CT molecular complexity index is 870. The van der Waals surface area contributed by atoms with Crippen molar-refractivity contribution in [2.45, 2.75) is 12.1 Å². The average molecular weight is 398 g/mol. The van der Waals surface area contributed by atoms with E-state index >= 15 is 0 Å². The van der Waals surface area contributed by atoms with Crippen molar-refractivity contribution in [3.63, 3.8) is 0 Å². The van der Waals surface area contributed by atoms with Crippen LogP contribution in [0.3, 0.4) is 0 Å². The Kier molecular flexibility index (Phi) is 5.15. The highest BCUT2D eigenvalue weighted by Gasteiger charge is 2.41. The summed E-state index contributed by atoms with van der Waals surface area (Å²) < 4.78 is 38.9. The molecule has 4 nitrogen and oxygen atoms in total. The second kappa shape index (κ2) is 7.23. The molecule has 27 heavy (non-hydrogen) atoms. The van der Waals surface area contributed by atoms with Gasteiger partial charge in [-0.1, -0.05) is 41.9 Å². The summed E-state index contributed by atoms with van der Waals surface area (Å²) in [6.45, 7) is 0.0231. The van der Waals surface area contributed by atoms with E-state index in [1.807, 2.05) is 0 Å². The minimum Gasteiger partial charge on any atom is -0.481 e. The smallest absolute Gasteiger partial charge is 0.416 e. The summed E-state index contributed by atoms with van der Waals surface area (Å²) in [7, 11) is 0. The van der Waals surface area contributed by atoms with Crippen LogP contribution < -0.4 is 0 Å². The Balaban J connectivity index is 1.90. The van der Waals surface area contributed by atoms with Crippen molar-refractivity contribution < 1.29 is 27.9 Å². The van der Waals surface area contributed by atoms with Gasteiger partial charge in [0.1, 0.15) is 0 Å². The maximum absolute atomic E-state index is 13.0. The van der Waals surface area contributed by atoms with Gasteiger partial charge in [-0.05, 0) is 23.8 Å². The molecule has 2 aromatic rings. The van der Waals surface area contributed by atoms with Crippen molar-refractivity contribution in [3.8, 4) is 0 Å². The molecule has 0 aliphatic carbocycles. The van der Waals surface area contributed by atoms with E-state index < -0.39 is 35.5 Å². The molecule has 0 radical (unpaired) electrons. The molecule has 2 aromatic carbocycles. The van der Waals surface area contributed by atoms with Gasteiger partial charge in [0.15, 0.2) is 0 Å². The fourth-order valence-corrected chi connectivity index (χ4v) is 3.55. The van der Waals surface area contributed by atoms with Crippen LogP contribution in [-0.4, -0.2) is 35.0 Å². The van der Waals surface area contributed by atoms with Gasteiger partial charge in [0.05, 0.1) is 11.5 Å². The number of nitrogens with zero attached hydrogens (tertiary/aromatic N) is 1. The van der Waals surface area contributed by atoms with Crippen LogP contribution in [0.4, 0.5) is 13.2 Å². The molecule has 1 amide bonds. The highest BCUT2D eigenvalue weighted by Crippen LogP contribution is 2.35. The fraction of sp³-hybridized carbons (Fsp3) is 0.263. The lowest BCUT2D eigenvalue weighted by atomic mass is 9.89. The molecule has 0 saturated carbocycles. The molecule has 1 fully saturated rings. The third kappa shape index (κ3) is 4.08. The van der Waals surface area contributed by atoms with Gasteiger partial charge in [-0.2, -0.15) is 13.2 Å². The first-order valence-electron chi connectivity index (χ1n) is 8.11. The van der Waals surface area contributed by atoms with Gasteiger partial charge in [0, 0.05) is 29.6 Å². The molecule has 1 aliphatic heterocycles. The van der Waals surface area contributed by atoms with E-state index in [0.717, 1.165) is 23.8 Å². The van der Waals surface area contributed by atoms with E-state index in [4.69, 9.17) is 11.6 Å². The third-order valence-corrected chi connectivity index (χ3v) is 4.84. The molecule has 0 unspecified atom stereocenters.